The number of nitrogens with zero attached hydrogens (tertiary/aromatic N) is 3. The van der Waals surface area contributed by atoms with Gasteiger partial charge in [0.15, 0.2) is 0 Å². The summed E-state index contributed by atoms with van der Waals surface area (Å²) in [6.07, 6.45) is -0.591. The number of hydrogen-bond donors (Lipinski definition) is 1. The van der Waals surface area contributed by atoms with Crippen molar-refractivity contribution in [1.29, 1.82) is 0 Å². The number of alkyl carbamates (subject to hydrolysis) is 1. The first-order valence-corrected chi connectivity index (χ1v) is 12.0. The molecule has 1 fully saturated rings. The number of ether oxygens (including phenoxy) is 1. The highest BCUT2D eigenvalue weighted by atomic mass is 16.6. The Morgan fingerprint density at radius 3 is 2.29 bits per heavy atom. The molecule has 0 saturated carbocycles. The molecule has 2 aromatic carbocycles. The number of likely N-dealkylation sites (N-methyl/N-ethyl adjacent to an activating group) is 2. The topological polar surface area (TPSA) is 65.1 Å². The molecule has 0 aliphatic carbocycles. The van der Waals surface area contributed by atoms with Crippen LogP contribution in [0.1, 0.15) is 33.3 Å². The third kappa shape index (κ3) is 7.48. The summed E-state index contributed by atoms with van der Waals surface area (Å²) in [5.74, 6) is -0.177. The minimum absolute atomic E-state index is 0.0981. The van der Waals surface area contributed by atoms with E-state index in [1.807, 2.05) is 12.1 Å². The van der Waals surface area contributed by atoms with E-state index in [1.54, 1.807) is 32.7 Å². The molecular weight excluding hydrogens is 428 g/mol. The number of benzene rings is 2. The molecule has 0 atom stereocenters. The molecule has 1 N–H and O–H groups in total. The summed E-state index contributed by atoms with van der Waals surface area (Å²) in [5.41, 5.74) is 3.97. The molecule has 0 unspecified atom stereocenters. The Morgan fingerprint density at radius 1 is 1.00 bits per heavy atom. The van der Waals surface area contributed by atoms with Crippen LogP contribution in [0.4, 0.5) is 10.5 Å². The monoisotopic (exact) mass is 466 g/mol. The fourth-order valence-corrected chi connectivity index (χ4v) is 4.00. The lowest BCUT2D eigenvalue weighted by Crippen LogP contribution is -2.46. The Bertz CT molecular complexity index is 961. The lowest BCUT2D eigenvalue weighted by molar-refractivity contribution is -0.129. The molecule has 0 radical (unpaired) electrons. The van der Waals surface area contributed by atoms with Gasteiger partial charge < -0.3 is 24.8 Å². The minimum atomic E-state index is -0.596. The van der Waals surface area contributed by atoms with Gasteiger partial charge in [-0.3, -0.25) is 4.79 Å². The van der Waals surface area contributed by atoms with Gasteiger partial charge >= 0.3 is 6.09 Å². The quantitative estimate of drug-likeness (QED) is 0.669. The van der Waals surface area contributed by atoms with Crippen molar-refractivity contribution in [2.45, 2.75) is 39.8 Å². The average Bonchev–Trinajstić information content (AvgIpc) is 2.82. The molecule has 7 nitrogen and oxygen atoms in total. The third-order valence-electron chi connectivity index (χ3n) is 5.94. The smallest absolute Gasteiger partial charge is 0.408 e. The predicted octanol–water partition coefficient (Wildman–Crippen LogP) is 3.98. The second-order valence-electron chi connectivity index (χ2n) is 9.77. The van der Waals surface area contributed by atoms with Crippen LogP contribution in [0.15, 0.2) is 48.5 Å². The van der Waals surface area contributed by atoms with E-state index in [-0.39, 0.29) is 12.5 Å². The zero-order valence-corrected chi connectivity index (χ0v) is 21.1. The largest absolute Gasteiger partial charge is 0.444 e. The lowest BCUT2D eigenvalue weighted by atomic mass is 10.0. The first-order chi connectivity index (χ1) is 16.1. The van der Waals surface area contributed by atoms with Gasteiger partial charge in [0.1, 0.15) is 12.1 Å². The van der Waals surface area contributed by atoms with Crippen LogP contribution in [0.2, 0.25) is 0 Å². The van der Waals surface area contributed by atoms with E-state index >= 15 is 0 Å². The summed E-state index contributed by atoms with van der Waals surface area (Å²) in [7, 11) is 1.73. The van der Waals surface area contributed by atoms with E-state index in [2.05, 4.69) is 58.4 Å². The molecule has 3 rings (SSSR count). The summed E-state index contributed by atoms with van der Waals surface area (Å²) in [5, 5.41) is 2.52. The number of piperazine rings is 1. The Morgan fingerprint density at radius 2 is 1.68 bits per heavy atom. The van der Waals surface area contributed by atoms with E-state index in [0.717, 1.165) is 49.4 Å². The zero-order valence-electron chi connectivity index (χ0n) is 21.1. The summed E-state index contributed by atoms with van der Waals surface area (Å²) in [4.78, 5) is 30.8. The van der Waals surface area contributed by atoms with Gasteiger partial charge in [-0.1, -0.05) is 37.3 Å². The number of carbonyl (C=O) groups is 2. The number of carbonyl (C=O) groups excluding carboxylic acids is 2. The highest BCUT2D eigenvalue weighted by Gasteiger charge is 2.18. The first kappa shape index (κ1) is 25.6. The number of hydrogen-bond acceptors (Lipinski definition) is 5. The SMILES string of the molecule is CCN1CCN(c2ccc(-c3cccc(CN(C)C(=O)CNC(=O)OC(C)(C)C)c3)cc2)CC1. The lowest BCUT2D eigenvalue weighted by Gasteiger charge is -2.35. The summed E-state index contributed by atoms with van der Waals surface area (Å²) < 4.78 is 5.18. The van der Waals surface area contributed by atoms with Crippen LogP contribution in [-0.4, -0.2) is 73.7 Å². The van der Waals surface area contributed by atoms with Gasteiger partial charge in [0.2, 0.25) is 5.91 Å². The molecule has 1 aliphatic rings. The highest BCUT2D eigenvalue weighted by molar-refractivity contribution is 5.82. The fraction of sp³-hybridized carbons (Fsp3) is 0.481. The maximum atomic E-state index is 12.4. The van der Waals surface area contributed by atoms with Crippen molar-refractivity contribution in [2.75, 3.05) is 51.2 Å². The van der Waals surface area contributed by atoms with E-state index < -0.39 is 11.7 Å². The zero-order chi connectivity index (χ0) is 24.7. The Kier molecular flexibility index (Phi) is 8.56. The van der Waals surface area contributed by atoms with Crippen molar-refractivity contribution in [2.24, 2.45) is 0 Å². The molecule has 0 aromatic heterocycles. The molecule has 34 heavy (non-hydrogen) atoms. The van der Waals surface area contributed by atoms with E-state index in [1.165, 1.54) is 5.69 Å². The fourth-order valence-electron chi connectivity index (χ4n) is 4.00. The van der Waals surface area contributed by atoms with Crippen molar-refractivity contribution in [1.82, 2.24) is 15.1 Å². The van der Waals surface area contributed by atoms with Gasteiger partial charge in [0.05, 0.1) is 0 Å². The molecule has 0 bridgehead atoms. The molecule has 1 heterocycles. The van der Waals surface area contributed by atoms with Crippen LogP contribution in [0.25, 0.3) is 11.1 Å². The van der Waals surface area contributed by atoms with Crippen LogP contribution < -0.4 is 10.2 Å². The van der Waals surface area contributed by atoms with Crippen molar-refractivity contribution < 1.29 is 14.3 Å². The average molecular weight is 467 g/mol. The van der Waals surface area contributed by atoms with Gasteiger partial charge in [-0.05, 0) is 62.2 Å². The summed E-state index contributed by atoms with van der Waals surface area (Å²) in [6, 6.07) is 16.9. The standard InChI is InChI=1S/C27H38N4O3/c1-6-30-14-16-31(17-15-30)24-12-10-22(11-13-24)23-9-7-8-21(18-23)20-29(5)25(32)19-28-26(33)34-27(2,3)4/h7-13,18H,6,14-17,19-20H2,1-5H3,(H,28,33). The molecule has 7 heteroatoms. The van der Waals surface area contributed by atoms with Gasteiger partial charge in [0, 0.05) is 45.5 Å². The van der Waals surface area contributed by atoms with Crippen LogP contribution in [-0.2, 0) is 16.1 Å². The normalized spacial score (nSPS) is 14.6. The molecule has 1 aliphatic heterocycles. The highest BCUT2D eigenvalue weighted by Crippen LogP contribution is 2.25. The van der Waals surface area contributed by atoms with Crippen LogP contribution in [0.3, 0.4) is 0 Å². The van der Waals surface area contributed by atoms with Crippen molar-refractivity contribution >= 4 is 17.7 Å². The minimum Gasteiger partial charge on any atom is -0.444 e. The van der Waals surface area contributed by atoms with E-state index in [4.69, 9.17) is 4.74 Å². The van der Waals surface area contributed by atoms with Crippen LogP contribution >= 0.6 is 0 Å². The summed E-state index contributed by atoms with van der Waals surface area (Å²) in [6.45, 7) is 13.4. The molecule has 0 spiro atoms. The van der Waals surface area contributed by atoms with Crippen LogP contribution in [0.5, 0.6) is 0 Å². The van der Waals surface area contributed by atoms with Crippen molar-refractivity contribution in [3.8, 4) is 11.1 Å². The molecule has 2 aromatic rings. The predicted molar refractivity (Wildman–Crippen MR) is 137 cm³/mol. The van der Waals surface area contributed by atoms with E-state index in [0.29, 0.717) is 6.54 Å². The Labute approximate surface area is 203 Å². The van der Waals surface area contributed by atoms with E-state index in [9.17, 15) is 9.59 Å². The van der Waals surface area contributed by atoms with Gasteiger partial charge in [0.25, 0.3) is 0 Å². The number of rotatable bonds is 7. The van der Waals surface area contributed by atoms with Gasteiger partial charge in [-0.15, -0.1) is 0 Å². The van der Waals surface area contributed by atoms with Gasteiger partial charge in [-0.25, -0.2) is 4.79 Å². The number of nitrogens with one attached hydrogen (secondary N) is 1. The van der Waals surface area contributed by atoms with Gasteiger partial charge in [-0.2, -0.15) is 0 Å². The number of anilines is 1. The van der Waals surface area contributed by atoms with Crippen molar-refractivity contribution in [3.05, 3.63) is 54.1 Å². The number of amides is 2. The Balaban J connectivity index is 1.56. The molecule has 184 valence electrons. The Hall–Kier alpha value is -3.06. The second kappa shape index (κ2) is 11.4. The maximum absolute atomic E-state index is 12.4. The molecule has 2 amide bonds. The third-order valence-corrected chi connectivity index (χ3v) is 5.94. The van der Waals surface area contributed by atoms with Crippen LogP contribution in [0, 0.1) is 0 Å². The summed E-state index contributed by atoms with van der Waals surface area (Å²) >= 11 is 0. The molecular formula is C27H38N4O3. The first-order valence-electron chi connectivity index (χ1n) is 12.0. The maximum Gasteiger partial charge on any atom is 0.408 e. The van der Waals surface area contributed by atoms with Crippen molar-refractivity contribution in [3.63, 3.8) is 0 Å². The molecule has 1 saturated heterocycles. The second-order valence-corrected chi connectivity index (χ2v) is 9.77.